The Kier molecular flexibility index (Phi) is 15.6. The fourth-order valence-electron chi connectivity index (χ4n) is 7.73. The average Bonchev–Trinajstić information content (AvgIpc) is 3.06. The Balaban J connectivity index is 1.48. The fraction of sp³-hybridized carbons (Fsp3) is 0.805. The maximum absolute atomic E-state index is 12.6. The molecule has 2 N–H and O–H groups in total. The lowest BCUT2D eigenvalue weighted by Crippen LogP contribution is -2.58. The van der Waals surface area contributed by atoms with Crippen molar-refractivity contribution in [2.75, 3.05) is 20.8 Å². The largest absolute Gasteiger partial charge is 0.469 e. The third-order valence-electron chi connectivity index (χ3n) is 11.3. The van der Waals surface area contributed by atoms with E-state index in [9.17, 15) is 19.8 Å². The normalized spacial score (nSPS) is 31.7. The number of carbonyl (C=O) groups excluding carboxylic acids is 2. The van der Waals surface area contributed by atoms with Gasteiger partial charge in [-0.25, -0.2) is 0 Å². The molecule has 0 saturated carbocycles. The second-order valence-electron chi connectivity index (χ2n) is 17.9. The molecule has 0 aliphatic carbocycles. The molecule has 0 unspecified atom stereocenters. The van der Waals surface area contributed by atoms with Gasteiger partial charge in [0.05, 0.1) is 70.0 Å². The number of carbonyl (C=O) groups is 2. The van der Waals surface area contributed by atoms with E-state index >= 15 is 0 Å². The molecule has 14 heteroatoms. The van der Waals surface area contributed by atoms with Crippen LogP contribution in [-0.2, 0) is 58.5 Å². The monoisotopic (exact) mass is 796 g/mol. The SMILES string of the molecule is COC(=O)C[C@@H]1O[C@](O)(C[C@@H]2C[C@H]([C@@H](CC[C@@H]3C[C@H](CCOCc4ccccc4)OC(C)(C)O3)O[Si](C)(C)C(C)(C)C)OC(C)(C)O2)C[C@H](O)[C@H]1C(=O)OC. The van der Waals surface area contributed by atoms with E-state index in [0.717, 1.165) is 18.4 Å². The van der Waals surface area contributed by atoms with Crippen LogP contribution >= 0.6 is 0 Å². The van der Waals surface area contributed by atoms with Gasteiger partial charge in [-0.15, -0.1) is 0 Å². The first-order chi connectivity index (χ1) is 25.5. The number of hydrogen-bond acceptors (Lipinski definition) is 13. The van der Waals surface area contributed by atoms with Crippen LogP contribution in [0, 0.1) is 5.92 Å². The molecule has 0 amide bonds. The summed E-state index contributed by atoms with van der Waals surface area (Å²) < 4.78 is 54.7. The first kappa shape index (κ1) is 45.7. The van der Waals surface area contributed by atoms with Crippen LogP contribution in [-0.4, -0.2) is 111 Å². The quantitative estimate of drug-likeness (QED) is 0.111. The Morgan fingerprint density at radius 1 is 0.891 bits per heavy atom. The number of ether oxygens (including phenoxy) is 8. The predicted octanol–water partition coefficient (Wildman–Crippen LogP) is 6.17. The molecule has 3 heterocycles. The van der Waals surface area contributed by atoms with E-state index in [1.807, 2.05) is 45.9 Å². The van der Waals surface area contributed by atoms with Crippen molar-refractivity contribution in [2.45, 2.75) is 185 Å². The second-order valence-corrected chi connectivity index (χ2v) is 22.6. The Labute approximate surface area is 329 Å². The first-order valence-corrected chi connectivity index (χ1v) is 22.7. The third kappa shape index (κ3) is 13.3. The highest BCUT2D eigenvalue weighted by atomic mass is 28.4. The van der Waals surface area contributed by atoms with E-state index in [1.54, 1.807) is 0 Å². The fourth-order valence-corrected chi connectivity index (χ4v) is 9.11. The van der Waals surface area contributed by atoms with Crippen molar-refractivity contribution < 1.29 is 62.1 Å². The summed E-state index contributed by atoms with van der Waals surface area (Å²) in [6.07, 6.45) is -1.40. The van der Waals surface area contributed by atoms with Gasteiger partial charge in [0, 0.05) is 32.3 Å². The predicted molar refractivity (Wildman–Crippen MR) is 206 cm³/mol. The third-order valence-corrected chi connectivity index (χ3v) is 15.8. The van der Waals surface area contributed by atoms with Gasteiger partial charge in [0.15, 0.2) is 25.7 Å². The number of rotatable bonds is 16. The maximum Gasteiger partial charge on any atom is 0.313 e. The van der Waals surface area contributed by atoms with Crippen LogP contribution in [0.4, 0.5) is 0 Å². The minimum atomic E-state index is -2.31. The highest BCUT2D eigenvalue weighted by Gasteiger charge is 2.53. The number of methoxy groups -OCH3 is 2. The Morgan fingerprint density at radius 2 is 1.51 bits per heavy atom. The van der Waals surface area contributed by atoms with Crippen molar-refractivity contribution in [3.63, 3.8) is 0 Å². The van der Waals surface area contributed by atoms with Gasteiger partial charge in [0.2, 0.25) is 0 Å². The topological polar surface area (TPSA) is 158 Å². The zero-order valence-corrected chi connectivity index (χ0v) is 36.0. The molecule has 1 aromatic rings. The molecule has 0 radical (unpaired) electrons. The summed E-state index contributed by atoms with van der Waals surface area (Å²) in [5.74, 6) is -6.29. The van der Waals surface area contributed by atoms with E-state index in [-0.39, 0.29) is 42.6 Å². The molecule has 3 fully saturated rings. The molecule has 55 heavy (non-hydrogen) atoms. The summed E-state index contributed by atoms with van der Waals surface area (Å²) in [7, 11) is 0.103. The van der Waals surface area contributed by atoms with Crippen molar-refractivity contribution in [2.24, 2.45) is 5.92 Å². The Morgan fingerprint density at radius 3 is 2.13 bits per heavy atom. The van der Waals surface area contributed by atoms with Crippen molar-refractivity contribution in [1.29, 1.82) is 0 Å². The molecule has 0 spiro atoms. The lowest BCUT2D eigenvalue weighted by molar-refractivity contribution is -0.342. The highest BCUT2D eigenvalue weighted by Crippen LogP contribution is 2.43. The van der Waals surface area contributed by atoms with Crippen LogP contribution in [0.1, 0.15) is 105 Å². The molecule has 314 valence electrons. The van der Waals surface area contributed by atoms with Crippen LogP contribution in [0.5, 0.6) is 0 Å². The zero-order valence-electron chi connectivity index (χ0n) is 35.0. The van der Waals surface area contributed by atoms with E-state index in [2.05, 4.69) is 46.0 Å². The second kappa shape index (κ2) is 18.7. The summed E-state index contributed by atoms with van der Waals surface area (Å²) in [5, 5.41) is 22.8. The van der Waals surface area contributed by atoms with Crippen molar-refractivity contribution in [3.8, 4) is 0 Å². The van der Waals surface area contributed by atoms with Gasteiger partial charge >= 0.3 is 11.9 Å². The van der Waals surface area contributed by atoms with Crippen LogP contribution < -0.4 is 0 Å². The zero-order chi connectivity index (χ0) is 40.8. The van der Waals surface area contributed by atoms with Crippen LogP contribution in [0.15, 0.2) is 30.3 Å². The first-order valence-electron chi connectivity index (χ1n) is 19.8. The standard InChI is InChI=1S/C41H68O13Si/c1-38(2,3)55(10,11)54-32(18-17-28-21-29(50-39(4,5)49-28)19-20-48-26-27-15-13-12-14-16-27)33-22-30(51-40(6,7)52-33)24-41(45)25-31(42)36(37(44)47-9)34(53-41)23-35(43)46-8/h12-16,28-34,36,42,45H,17-26H2,1-11H3/t28-,29+,30+,31+,32-,33-,34+,36-,41-/m1/s1. The van der Waals surface area contributed by atoms with Gasteiger partial charge in [0.1, 0.15) is 5.92 Å². The number of esters is 2. The summed E-state index contributed by atoms with van der Waals surface area (Å²) in [5.41, 5.74) is 1.13. The van der Waals surface area contributed by atoms with E-state index in [0.29, 0.717) is 32.5 Å². The minimum Gasteiger partial charge on any atom is -0.469 e. The van der Waals surface area contributed by atoms with E-state index < -0.39 is 68.0 Å². The summed E-state index contributed by atoms with van der Waals surface area (Å²) in [6, 6.07) is 10.1. The Bertz CT molecular complexity index is 1380. The van der Waals surface area contributed by atoms with E-state index in [1.165, 1.54) is 14.2 Å². The molecule has 3 aliphatic rings. The average molecular weight is 797 g/mol. The molecule has 0 bridgehead atoms. The smallest absolute Gasteiger partial charge is 0.313 e. The van der Waals surface area contributed by atoms with Crippen molar-refractivity contribution in [1.82, 2.24) is 0 Å². The van der Waals surface area contributed by atoms with Crippen LogP contribution in [0.2, 0.25) is 18.1 Å². The summed E-state index contributed by atoms with van der Waals surface area (Å²) in [6.45, 7) is 19.8. The maximum atomic E-state index is 12.6. The minimum absolute atomic E-state index is 0.0275. The molecular weight excluding hydrogens is 729 g/mol. The number of aliphatic hydroxyl groups is 2. The van der Waals surface area contributed by atoms with Gasteiger partial charge in [0.25, 0.3) is 0 Å². The molecule has 3 saturated heterocycles. The summed E-state index contributed by atoms with van der Waals surface area (Å²) >= 11 is 0. The number of hydrogen-bond donors (Lipinski definition) is 2. The van der Waals surface area contributed by atoms with Crippen LogP contribution in [0.3, 0.4) is 0 Å². The van der Waals surface area contributed by atoms with Gasteiger partial charge in [-0.2, -0.15) is 0 Å². The van der Waals surface area contributed by atoms with Crippen molar-refractivity contribution in [3.05, 3.63) is 35.9 Å². The van der Waals surface area contributed by atoms with Crippen LogP contribution in [0.25, 0.3) is 0 Å². The lowest BCUT2D eigenvalue weighted by atomic mass is 9.83. The molecule has 0 aromatic heterocycles. The van der Waals surface area contributed by atoms with Gasteiger partial charge in [-0.1, -0.05) is 51.1 Å². The van der Waals surface area contributed by atoms with E-state index in [4.69, 9.17) is 42.3 Å². The number of benzene rings is 1. The molecule has 3 aliphatic heterocycles. The van der Waals surface area contributed by atoms with Gasteiger partial charge in [-0.3, -0.25) is 9.59 Å². The molecular formula is C41H68O13Si. The molecule has 13 nitrogen and oxygen atoms in total. The highest BCUT2D eigenvalue weighted by molar-refractivity contribution is 6.74. The van der Waals surface area contributed by atoms with Gasteiger partial charge < -0.3 is 52.5 Å². The number of aliphatic hydroxyl groups excluding tert-OH is 1. The molecule has 9 atom stereocenters. The van der Waals surface area contributed by atoms with Gasteiger partial charge in [-0.05, 0) is 70.7 Å². The summed E-state index contributed by atoms with van der Waals surface area (Å²) in [4.78, 5) is 24.9. The van der Waals surface area contributed by atoms with Crippen molar-refractivity contribution >= 4 is 20.3 Å². The molecule has 1 aromatic carbocycles. The molecule has 4 rings (SSSR count). The Hall–Kier alpha value is -1.98. The lowest BCUT2D eigenvalue weighted by Gasteiger charge is -2.49.